The van der Waals surface area contributed by atoms with Crippen LogP contribution in [0.25, 0.3) is 0 Å². The Morgan fingerprint density at radius 3 is 2.58 bits per heavy atom. The summed E-state index contributed by atoms with van der Waals surface area (Å²) in [7, 11) is 0. The number of carboxylic acid groups (broad SMARTS) is 1. The second kappa shape index (κ2) is 8.89. The number of aromatic carboxylic acids is 1. The highest BCUT2D eigenvalue weighted by Gasteiger charge is 2.51. The Morgan fingerprint density at radius 2 is 1.97 bits per heavy atom. The predicted molar refractivity (Wildman–Crippen MR) is 119 cm³/mol. The van der Waals surface area contributed by atoms with E-state index >= 15 is 0 Å². The molecule has 1 unspecified atom stereocenters. The summed E-state index contributed by atoms with van der Waals surface area (Å²) in [6.07, 6.45) is 3.62. The van der Waals surface area contributed by atoms with Gasteiger partial charge in [0.15, 0.2) is 0 Å². The largest absolute Gasteiger partial charge is 0.489 e. The number of hydrogen-bond acceptors (Lipinski definition) is 4. The first-order chi connectivity index (χ1) is 14.9. The van der Waals surface area contributed by atoms with Crippen LogP contribution in [0.5, 0.6) is 5.75 Å². The lowest BCUT2D eigenvalue weighted by Gasteiger charge is -2.47. The average molecular weight is 443 g/mol. The van der Waals surface area contributed by atoms with Crippen LogP contribution in [0.4, 0.5) is 0 Å². The summed E-state index contributed by atoms with van der Waals surface area (Å²) < 4.78 is 6.11. The molecule has 1 heterocycles. The van der Waals surface area contributed by atoms with Crippen LogP contribution in [0.2, 0.25) is 5.02 Å². The van der Waals surface area contributed by atoms with Crippen LogP contribution >= 0.6 is 11.6 Å². The van der Waals surface area contributed by atoms with E-state index in [0.717, 1.165) is 43.5 Å². The highest BCUT2D eigenvalue weighted by Crippen LogP contribution is 2.41. The third-order valence-corrected chi connectivity index (χ3v) is 6.69. The van der Waals surface area contributed by atoms with E-state index in [-0.39, 0.29) is 23.6 Å². The summed E-state index contributed by atoms with van der Waals surface area (Å²) in [6.45, 7) is 3.46. The zero-order valence-electron chi connectivity index (χ0n) is 17.5. The van der Waals surface area contributed by atoms with Gasteiger partial charge in [-0.25, -0.2) is 4.79 Å². The molecule has 0 radical (unpaired) electrons. The average Bonchev–Trinajstić information content (AvgIpc) is 3.15. The molecular formula is C24H27ClN2O4. The van der Waals surface area contributed by atoms with Crippen LogP contribution in [0.3, 0.4) is 0 Å². The van der Waals surface area contributed by atoms with Crippen molar-refractivity contribution in [2.24, 2.45) is 0 Å². The minimum Gasteiger partial charge on any atom is -0.489 e. The highest BCUT2D eigenvalue weighted by atomic mass is 35.5. The topological polar surface area (TPSA) is 78.9 Å². The van der Waals surface area contributed by atoms with E-state index in [1.165, 1.54) is 0 Å². The molecule has 1 aliphatic heterocycles. The third-order valence-electron chi connectivity index (χ3n) is 6.46. The second-order valence-corrected chi connectivity index (χ2v) is 8.88. The van der Waals surface area contributed by atoms with Crippen molar-refractivity contribution in [1.29, 1.82) is 0 Å². The fourth-order valence-electron chi connectivity index (χ4n) is 4.47. The Balaban J connectivity index is 1.39. The van der Waals surface area contributed by atoms with Gasteiger partial charge in [-0.2, -0.15) is 0 Å². The molecule has 7 heteroatoms. The number of rotatable bonds is 7. The molecule has 1 aliphatic carbocycles. The maximum atomic E-state index is 13.3. The summed E-state index contributed by atoms with van der Waals surface area (Å²) in [5.41, 5.74) is 0.638. The molecule has 6 nitrogen and oxygen atoms in total. The van der Waals surface area contributed by atoms with Crippen molar-refractivity contribution in [2.45, 2.75) is 50.3 Å². The minimum absolute atomic E-state index is 0.0322. The summed E-state index contributed by atoms with van der Waals surface area (Å²) in [6, 6.07) is 13.9. The summed E-state index contributed by atoms with van der Waals surface area (Å²) in [4.78, 5) is 26.6. The SMILES string of the molecule is CC(NC(=O)C1(N2CC[C@@H](Oc3cccc(Cl)c3)C2)CCC1)c1ccc(C(=O)O)cc1. The molecule has 2 aliphatic rings. The Kier molecular flexibility index (Phi) is 6.21. The van der Waals surface area contributed by atoms with E-state index in [1.54, 1.807) is 24.3 Å². The fourth-order valence-corrected chi connectivity index (χ4v) is 4.65. The Morgan fingerprint density at radius 1 is 1.23 bits per heavy atom. The lowest BCUT2D eigenvalue weighted by Crippen LogP contribution is -2.62. The van der Waals surface area contributed by atoms with Gasteiger partial charge in [0, 0.05) is 18.1 Å². The minimum atomic E-state index is -0.958. The van der Waals surface area contributed by atoms with Gasteiger partial charge >= 0.3 is 5.97 Å². The number of ether oxygens (including phenoxy) is 1. The number of nitrogens with zero attached hydrogens (tertiary/aromatic N) is 1. The van der Waals surface area contributed by atoms with Crippen molar-refractivity contribution in [1.82, 2.24) is 10.2 Å². The maximum Gasteiger partial charge on any atom is 0.335 e. The van der Waals surface area contributed by atoms with Crippen molar-refractivity contribution in [3.8, 4) is 5.75 Å². The fraction of sp³-hybridized carbons (Fsp3) is 0.417. The first-order valence-electron chi connectivity index (χ1n) is 10.7. The molecule has 1 saturated heterocycles. The van der Waals surface area contributed by atoms with Crippen LogP contribution in [0.15, 0.2) is 48.5 Å². The predicted octanol–water partition coefficient (Wildman–Crippen LogP) is 4.29. The standard InChI is InChI=1S/C24H27ClN2O4/c1-16(17-6-8-18(9-7-17)22(28)29)26-23(30)24(11-3-12-24)27-13-10-21(15-27)31-20-5-2-4-19(25)14-20/h2,4-9,14,16,21H,3,10-13,15H2,1H3,(H,26,30)(H,28,29)/t16?,21-/m1/s1. The zero-order valence-corrected chi connectivity index (χ0v) is 18.3. The summed E-state index contributed by atoms with van der Waals surface area (Å²) in [5.74, 6) is -0.165. The number of amides is 1. The zero-order chi connectivity index (χ0) is 22.0. The third kappa shape index (κ3) is 4.55. The van der Waals surface area contributed by atoms with Gasteiger partial charge < -0.3 is 15.2 Å². The molecule has 4 rings (SSSR count). The van der Waals surface area contributed by atoms with Crippen molar-refractivity contribution < 1.29 is 19.4 Å². The molecule has 2 N–H and O–H groups in total. The van der Waals surface area contributed by atoms with Gasteiger partial charge in [-0.05, 0) is 68.5 Å². The van der Waals surface area contributed by atoms with Gasteiger partial charge in [-0.1, -0.05) is 29.8 Å². The monoisotopic (exact) mass is 442 g/mol. The van der Waals surface area contributed by atoms with Crippen LogP contribution in [-0.2, 0) is 4.79 Å². The molecule has 2 atom stereocenters. The van der Waals surface area contributed by atoms with E-state index < -0.39 is 11.5 Å². The number of carboxylic acids is 1. The Labute approximate surface area is 187 Å². The van der Waals surface area contributed by atoms with Crippen LogP contribution in [0.1, 0.15) is 54.6 Å². The first-order valence-corrected chi connectivity index (χ1v) is 11.1. The Bertz CT molecular complexity index is 958. The molecule has 0 aromatic heterocycles. The summed E-state index contributed by atoms with van der Waals surface area (Å²) in [5, 5.41) is 12.9. The van der Waals surface area contributed by atoms with E-state index in [2.05, 4.69) is 10.2 Å². The Hall–Kier alpha value is -2.57. The lowest BCUT2D eigenvalue weighted by molar-refractivity contribution is -0.139. The van der Waals surface area contributed by atoms with E-state index in [9.17, 15) is 9.59 Å². The maximum absolute atomic E-state index is 13.3. The lowest BCUT2D eigenvalue weighted by atomic mass is 9.74. The number of benzene rings is 2. The number of halogens is 1. The van der Waals surface area contributed by atoms with Gasteiger partial charge in [0.25, 0.3) is 0 Å². The van der Waals surface area contributed by atoms with Crippen LogP contribution < -0.4 is 10.1 Å². The van der Waals surface area contributed by atoms with Gasteiger partial charge in [0.2, 0.25) is 5.91 Å². The van der Waals surface area contributed by atoms with E-state index in [0.29, 0.717) is 11.6 Å². The number of carbonyl (C=O) groups is 2. The van der Waals surface area contributed by atoms with Crippen LogP contribution in [-0.4, -0.2) is 46.6 Å². The van der Waals surface area contributed by atoms with Gasteiger partial charge in [0.1, 0.15) is 17.4 Å². The smallest absolute Gasteiger partial charge is 0.335 e. The van der Waals surface area contributed by atoms with Crippen LogP contribution in [0, 0.1) is 0 Å². The molecule has 164 valence electrons. The molecule has 31 heavy (non-hydrogen) atoms. The molecule has 2 aromatic carbocycles. The van der Waals surface area contributed by atoms with Gasteiger partial charge in [0.05, 0.1) is 11.6 Å². The van der Waals surface area contributed by atoms with Crippen molar-refractivity contribution >= 4 is 23.5 Å². The molecule has 0 spiro atoms. The first kappa shape index (κ1) is 21.7. The highest BCUT2D eigenvalue weighted by molar-refractivity contribution is 6.30. The van der Waals surface area contributed by atoms with Gasteiger partial charge in [-0.3, -0.25) is 9.69 Å². The second-order valence-electron chi connectivity index (χ2n) is 8.44. The molecule has 1 saturated carbocycles. The van der Waals surface area contributed by atoms with Crippen molar-refractivity contribution in [2.75, 3.05) is 13.1 Å². The summed E-state index contributed by atoms with van der Waals surface area (Å²) >= 11 is 6.06. The quantitative estimate of drug-likeness (QED) is 0.668. The van der Waals surface area contributed by atoms with Crippen molar-refractivity contribution in [3.63, 3.8) is 0 Å². The van der Waals surface area contributed by atoms with E-state index in [4.69, 9.17) is 21.4 Å². The normalized spacial score (nSPS) is 21.2. The number of hydrogen-bond donors (Lipinski definition) is 2. The number of carbonyl (C=O) groups excluding carboxylic acids is 1. The molecule has 2 fully saturated rings. The number of likely N-dealkylation sites (tertiary alicyclic amines) is 1. The van der Waals surface area contributed by atoms with Gasteiger partial charge in [-0.15, -0.1) is 0 Å². The molecule has 1 amide bonds. The molecule has 0 bridgehead atoms. The number of nitrogens with one attached hydrogen (secondary N) is 1. The molecular weight excluding hydrogens is 416 g/mol. The molecule has 2 aromatic rings. The van der Waals surface area contributed by atoms with E-state index in [1.807, 2.05) is 31.2 Å². The van der Waals surface area contributed by atoms with Crippen molar-refractivity contribution in [3.05, 3.63) is 64.7 Å².